The van der Waals surface area contributed by atoms with E-state index in [9.17, 15) is 9.90 Å². The fourth-order valence-corrected chi connectivity index (χ4v) is 3.20. The Morgan fingerprint density at radius 3 is 2.80 bits per heavy atom. The van der Waals surface area contributed by atoms with Crippen molar-refractivity contribution in [3.05, 3.63) is 23.8 Å². The number of hydrogen-bond donors (Lipinski definition) is 1. The number of likely N-dealkylation sites (tertiary alicyclic amines) is 1. The maximum Gasteiger partial charge on any atom is 0.310 e. The van der Waals surface area contributed by atoms with Gasteiger partial charge in [0.1, 0.15) is 0 Å². The predicted molar refractivity (Wildman–Crippen MR) is 76.4 cm³/mol. The van der Waals surface area contributed by atoms with Gasteiger partial charge in [0.25, 0.3) is 0 Å². The molecule has 0 spiro atoms. The molecule has 2 heterocycles. The summed E-state index contributed by atoms with van der Waals surface area (Å²) < 4.78 is 0. The number of aliphatic carboxylic acids is 1. The molecule has 2 atom stereocenters. The van der Waals surface area contributed by atoms with Crippen molar-refractivity contribution in [2.45, 2.75) is 46.1 Å². The van der Waals surface area contributed by atoms with Crippen LogP contribution in [0, 0.1) is 12.3 Å². The fourth-order valence-electron chi connectivity index (χ4n) is 3.20. The van der Waals surface area contributed by atoms with Gasteiger partial charge in [0.15, 0.2) is 0 Å². The molecule has 1 fully saturated rings. The molecule has 0 aromatic carbocycles. The molecule has 1 aromatic heterocycles. The van der Waals surface area contributed by atoms with Crippen molar-refractivity contribution in [1.29, 1.82) is 0 Å². The average Bonchev–Trinajstić information content (AvgIpc) is 2.85. The Morgan fingerprint density at radius 2 is 2.20 bits per heavy atom. The summed E-state index contributed by atoms with van der Waals surface area (Å²) >= 11 is 0. The van der Waals surface area contributed by atoms with Crippen LogP contribution in [-0.2, 0) is 4.79 Å². The van der Waals surface area contributed by atoms with Crippen LogP contribution in [0.2, 0.25) is 0 Å². The van der Waals surface area contributed by atoms with Crippen molar-refractivity contribution in [3.63, 3.8) is 0 Å². The van der Waals surface area contributed by atoms with Crippen molar-refractivity contribution in [2.75, 3.05) is 13.1 Å². The molecule has 5 nitrogen and oxygen atoms in total. The van der Waals surface area contributed by atoms with E-state index in [0.717, 1.165) is 37.2 Å². The zero-order valence-electron chi connectivity index (χ0n) is 12.5. The second-order valence-electron chi connectivity index (χ2n) is 5.76. The molecule has 0 radical (unpaired) electrons. The van der Waals surface area contributed by atoms with Gasteiger partial charge in [-0.1, -0.05) is 13.3 Å². The molecular formula is C15H23N3O2. The fraction of sp³-hybridized carbons (Fsp3) is 0.667. The molecular weight excluding hydrogens is 254 g/mol. The maximum absolute atomic E-state index is 11.6. The van der Waals surface area contributed by atoms with E-state index in [2.05, 4.69) is 21.8 Å². The monoisotopic (exact) mass is 277 g/mol. The van der Waals surface area contributed by atoms with Gasteiger partial charge in [-0.25, -0.2) is 0 Å². The standard InChI is InChI=1S/C15H23N3O2/c1-4-5-15(14(19)20)6-9-18(10-15)12(3)13-11(2)16-7-8-17-13/h7-8,12H,4-6,9-10H2,1-3H3,(H,19,20). The minimum Gasteiger partial charge on any atom is -0.481 e. The highest BCUT2D eigenvalue weighted by Crippen LogP contribution is 2.39. The van der Waals surface area contributed by atoms with Crippen molar-refractivity contribution in [1.82, 2.24) is 14.9 Å². The quantitative estimate of drug-likeness (QED) is 0.895. The Labute approximate surface area is 120 Å². The average molecular weight is 277 g/mol. The van der Waals surface area contributed by atoms with E-state index >= 15 is 0 Å². The summed E-state index contributed by atoms with van der Waals surface area (Å²) in [5.41, 5.74) is 1.28. The molecule has 2 unspecified atom stereocenters. The normalized spacial score (nSPS) is 24.8. The second kappa shape index (κ2) is 5.87. The lowest BCUT2D eigenvalue weighted by Gasteiger charge is -2.28. The smallest absolute Gasteiger partial charge is 0.310 e. The first-order valence-electron chi connectivity index (χ1n) is 7.25. The van der Waals surface area contributed by atoms with E-state index in [0.29, 0.717) is 6.54 Å². The molecule has 20 heavy (non-hydrogen) atoms. The van der Waals surface area contributed by atoms with Crippen LogP contribution in [-0.4, -0.2) is 39.0 Å². The highest BCUT2D eigenvalue weighted by atomic mass is 16.4. The zero-order chi connectivity index (χ0) is 14.8. The third-order valence-electron chi connectivity index (χ3n) is 4.43. The molecule has 5 heteroatoms. The lowest BCUT2D eigenvalue weighted by molar-refractivity contribution is -0.148. The number of carboxylic acid groups (broad SMARTS) is 1. The Bertz CT molecular complexity index is 492. The van der Waals surface area contributed by atoms with E-state index in [4.69, 9.17) is 0 Å². The summed E-state index contributed by atoms with van der Waals surface area (Å²) in [6.45, 7) is 7.49. The van der Waals surface area contributed by atoms with Crippen LogP contribution in [0.3, 0.4) is 0 Å². The number of rotatable bonds is 5. The van der Waals surface area contributed by atoms with E-state index < -0.39 is 11.4 Å². The Hall–Kier alpha value is -1.49. The van der Waals surface area contributed by atoms with Gasteiger partial charge >= 0.3 is 5.97 Å². The molecule has 1 saturated heterocycles. The van der Waals surface area contributed by atoms with Crippen LogP contribution in [0.25, 0.3) is 0 Å². The van der Waals surface area contributed by atoms with Crippen molar-refractivity contribution in [3.8, 4) is 0 Å². The highest BCUT2D eigenvalue weighted by molar-refractivity contribution is 5.75. The summed E-state index contributed by atoms with van der Waals surface area (Å²) in [7, 11) is 0. The van der Waals surface area contributed by atoms with Crippen LogP contribution < -0.4 is 0 Å². The van der Waals surface area contributed by atoms with Gasteiger partial charge in [0.05, 0.1) is 22.8 Å². The van der Waals surface area contributed by atoms with E-state index in [1.807, 2.05) is 13.8 Å². The molecule has 0 aliphatic carbocycles. The highest BCUT2D eigenvalue weighted by Gasteiger charge is 2.45. The molecule has 1 N–H and O–H groups in total. The van der Waals surface area contributed by atoms with Crippen molar-refractivity contribution < 1.29 is 9.90 Å². The largest absolute Gasteiger partial charge is 0.481 e. The number of carboxylic acids is 1. The van der Waals surface area contributed by atoms with Gasteiger partial charge in [-0.15, -0.1) is 0 Å². The number of aryl methyl sites for hydroxylation is 1. The molecule has 110 valence electrons. The molecule has 2 rings (SSSR count). The third-order valence-corrected chi connectivity index (χ3v) is 4.43. The van der Waals surface area contributed by atoms with Crippen LogP contribution >= 0.6 is 0 Å². The summed E-state index contributed by atoms with van der Waals surface area (Å²) in [5, 5.41) is 9.56. The van der Waals surface area contributed by atoms with Crippen LogP contribution in [0.4, 0.5) is 0 Å². The Kier molecular flexibility index (Phi) is 4.38. The first kappa shape index (κ1) is 14.9. The second-order valence-corrected chi connectivity index (χ2v) is 5.76. The number of nitrogens with zero attached hydrogens (tertiary/aromatic N) is 3. The first-order valence-corrected chi connectivity index (χ1v) is 7.25. The van der Waals surface area contributed by atoms with Crippen molar-refractivity contribution in [2.24, 2.45) is 5.41 Å². The molecule has 1 aromatic rings. The number of carbonyl (C=O) groups is 1. The maximum atomic E-state index is 11.6. The molecule has 0 bridgehead atoms. The summed E-state index contributed by atoms with van der Waals surface area (Å²) in [6, 6.07) is 0.113. The van der Waals surface area contributed by atoms with E-state index in [-0.39, 0.29) is 6.04 Å². The number of hydrogen-bond acceptors (Lipinski definition) is 4. The van der Waals surface area contributed by atoms with Gasteiger partial charge < -0.3 is 5.11 Å². The molecule has 1 aliphatic rings. The van der Waals surface area contributed by atoms with Gasteiger partial charge in [-0.2, -0.15) is 0 Å². The molecule has 1 aliphatic heterocycles. The van der Waals surface area contributed by atoms with Crippen molar-refractivity contribution >= 4 is 5.97 Å². The van der Waals surface area contributed by atoms with E-state index in [1.165, 1.54) is 0 Å². The molecule has 0 amide bonds. The summed E-state index contributed by atoms with van der Waals surface area (Å²) in [4.78, 5) is 22.5. The predicted octanol–water partition coefficient (Wildman–Crippen LogP) is 2.42. The molecule has 0 saturated carbocycles. The van der Waals surface area contributed by atoms with Crippen LogP contribution in [0.1, 0.15) is 50.5 Å². The van der Waals surface area contributed by atoms with E-state index in [1.54, 1.807) is 12.4 Å². The van der Waals surface area contributed by atoms with Gasteiger partial charge in [0.2, 0.25) is 0 Å². The van der Waals surface area contributed by atoms with Gasteiger partial charge in [0, 0.05) is 18.9 Å². The Morgan fingerprint density at radius 1 is 1.50 bits per heavy atom. The Balaban J connectivity index is 2.16. The first-order chi connectivity index (χ1) is 9.50. The van der Waals surface area contributed by atoms with Gasteiger partial charge in [-0.05, 0) is 33.2 Å². The SMILES string of the molecule is CCCC1(C(=O)O)CCN(C(C)c2nccnc2C)C1. The third kappa shape index (κ3) is 2.68. The van der Waals surface area contributed by atoms with Gasteiger partial charge in [-0.3, -0.25) is 19.7 Å². The van der Waals surface area contributed by atoms with Crippen LogP contribution in [0.5, 0.6) is 0 Å². The minimum absolute atomic E-state index is 0.113. The summed E-state index contributed by atoms with van der Waals surface area (Å²) in [6.07, 6.45) is 5.75. The lowest BCUT2D eigenvalue weighted by atomic mass is 9.82. The summed E-state index contributed by atoms with van der Waals surface area (Å²) in [5.74, 6) is -0.662. The zero-order valence-corrected chi connectivity index (χ0v) is 12.5. The lowest BCUT2D eigenvalue weighted by Crippen LogP contribution is -2.35. The number of aromatic nitrogens is 2. The minimum atomic E-state index is -0.662. The topological polar surface area (TPSA) is 66.3 Å². The van der Waals surface area contributed by atoms with Crippen LogP contribution in [0.15, 0.2) is 12.4 Å².